The van der Waals surface area contributed by atoms with E-state index in [1.165, 1.54) is 0 Å². The molecule has 8 heteroatoms. The van der Waals surface area contributed by atoms with Crippen molar-refractivity contribution < 1.29 is 28.9 Å². The Labute approximate surface area is 86.2 Å². The number of rotatable bonds is 4. The number of carbonyl (C=O) groups is 2. The zero-order valence-corrected chi connectivity index (χ0v) is 9.15. The first-order valence-corrected chi connectivity index (χ1v) is 6.13. The Bertz CT molecular complexity index is 330. The summed E-state index contributed by atoms with van der Waals surface area (Å²) in [5.41, 5.74) is -0.488. The summed E-state index contributed by atoms with van der Waals surface area (Å²) in [4.78, 5) is 30.2. The summed E-state index contributed by atoms with van der Waals surface area (Å²) in [6, 6.07) is 0. The second-order valence-corrected chi connectivity index (χ2v) is 5.24. The first kappa shape index (κ1) is 13.7. The summed E-state index contributed by atoms with van der Waals surface area (Å²) in [5, 5.41) is 10.5. The van der Waals surface area contributed by atoms with E-state index in [1.54, 1.807) is 0 Å². The Hall–Kier alpha value is -1.33. The fourth-order valence-corrected chi connectivity index (χ4v) is 1.13. The zero-order valence-electron chi connectivity index (χ0n) is 8.26. The van der Waals surface area contributed by atoms with Gasteiger partial charge in [0.05, 0.1) is 7.11 Å². The van der Waals surface area contributed by atoms with E-state index >= 15 is 0 Å². The van der Waals surface area contributed by atoms with Crippen LogP contribution in [0.4, 0.5) is 4.79 Å². The summed E-state index contributed by atoms with van der Waals surface area (Å²) in [5.74, 6) is -1.41. The molecular weight excluding hydrogens is 225 g/mol. The molecule has 0 aromatic carbocycles. The lowest BCUT2D eigenvalue weighted by molar-refractivity contribution is -0.133. The number of aliphatic carboxylic acids is 1. The number of carboxylic acids is 1. The molecule has 0 saturated heterocycles. The van der Waals surface area contributed by atoms with Crippen LogP contribution in [0.25, 0.3) is 0 Å². The minimum absolute atomic E-state index is 0.335. The number of amides is 1. The van der Waals surface area contributed by atoms with Gasteiger partial charge in [0, 0.05) is 12.8 Å². The van der Waals surface area contributed by atoms with Crippen molar-refractivity contribution in [1.82, 2.24) is 5.32 Å². The first-order valence-electron chi connectivity index (χ1n) is 3.84. The van der Waals surface area contributed by atoms with Crippen LogP contribution < -0.4 is 5.32 Å². The zero-order chi connectivity index (χ0) is 12.1. The van der Waals surface area contributed by atoms with Crippen molar-refractivity contribution in [2.75, 3.05) is 19.9 Å². The van der Waals surface area contributed by atoms with E-state index in [2.05, 4.69) is 4.74 Å². The van der Waals surface area contributed by atoms with Gasteiger partial charge in [-0.05, 0) is 6.08 Å². The maximum atomic E-state index is 10.9. The molecule has 0 fully saturated rings. The van der Waals surface area contributed by atoms with Crippen LogP contribution in [-0.4, -0.2) is 42.0 Å². The molecule has 0 saturated carbocycles. The van der Waals surface area contributed by atoms with Gasteiger partial charge in [0.15, 0.2) is 0 Å². The molecule has 1 unspecified atom stereocenters. The smallest absolute Gasteiger partial charge is 0.411 e. The van der Waals surface area contributed by atoms with Crippen molar-refractivity contribution in [1.29, 1.82) is 0 Å². The van der Waals surface area contributed by atoms with Crippen molar-refractivity contribution in [2.45, 2.75) is 0 Å². The van der Waals surface area contributed by atoms with Crippen molar-refractivity contribution in [3.8, 4) is 0 Å². The van der Waals surface area contributed by atoms with E-state index in [0.717, 1.165) is 19.9 Å². The van der Waals surface area contributed by atoms with Gasteiger partial charge in [-0.2, -0.15) is 0 Å². The van der Waals surface area contributed by atoms with Gasteiger partial charge in [0.2, 0.25) is 7.37 Å². The van der Waals surface area contributed by atoms with Crippen LogP contribution in [0.1, 0.15) is 0 Å². The van der Waals surface area contributed by atoms with Gasteiger partial charge in [-0.25, -0.2) is 9.59 Å². The van der Waals surface area contributed by atoms with Crippen molar-refractivity contribution in [3.63, 3.8) is 0 Å². The molecule has 0 spiro atoms. The molecular formula is C7H12NO6P. The highest BCUT2D eigenvalue weighted by molar-refractivity contribution is 7.57. The van der Waals surface area contributed by atoms with Gasteiger partial charge >= 0.3 is 12.1 Å². The van der Waals surface area contributed by atoms with E-state index in [9.17, 15) is 14.2 Å². The molecule has 0 aliphatic heterocycles. The van der Waals surface area contributed by atoms with Crippen LogP contribution in [0, 0.1) is 0 Å². The molecule has 86 valence electrons. The first-order chi connectivity index (χ1) is 6.76. The van der Waals surface area contributed by atoms with Crippen molar-refractivity contribution >= 4 is 19.4 Å². The molecule has 0 heterocycles. The average molecular weight is 237 g/mol. The van der Waals surface area contributed by atoms with Gasteiger partial charge in [-0.3, -0.25) is 9.88 Å². The molecule has 1 atom stereocenters. The predicted molar refractivity (Wildman–Crippen MR) is 51.9 cm³/mol. The van der Waals surface area contributed by atoms with Gasteiger partial charge < -0.3 is 14.7 Å². The Morgan fingerprint density at radius 2 is 2.07 bits per heavy atom. The molecule has 0 aliphatic rings. The molecule has 0 aliphatic carbocycles. The summed E-state index contributed by atoms with van der Waals surface area (Å²) in [6.07, 6.45) is -0.328. The fourth-order valence-electron chi connectivity index (χ4n) is 0.613. The van der Waals surface area contributed by atoms with Gasteiger partial charge in [-0.15, -0.1) is 0 Å². The number of nitrogens with one attached hydrogen (secondary N) is 1. The van der Waals surface area contributed by atoms with Crippen LogP contribution in [0.3, 0.4) is 0 Å². The van der Waals surface area contributed by atoms with Crippen LogP contribution in [0.15, 0.2) is 11.8 Å². The topological polar surface area (TPSA) is 113 Å². The number of allylic oxidation sites excluding steroid dienone is 1. The third kappa shape index (κ3) is 6.70. The second kappa shape index (κ2) is 5.53. The van der Waals surface area contributed by atoms with E-state index in [1.807, 2.05) is 5.32 Å². The number of hydrogen-bond acceptors (Lipinski definition) is 4. The van der Waals surface area contributed by atoms with Crippen molar-refractivity contribution in [3.05, 3.63) is 11.8 Å². The molecule has 0 aromatic rings. The fraction of sp³-hybridized carbons (Fsp3) is 0.429. The Morgan fingerprint density at radius 3 is 2.40 bits per heavy atom. The highest BCUT2D eigenvalue weighted by Crippen LogP contribution is 2.34. The van der Waals surface area contributed by atoms with E-state index in [4.69, 9.17) is 10.00 Å². The van der Waals surface area contributed by atoms with Crippen LogP contribution in [0.2, 0.25) is 0 Å². The van der Waals surface area contributed by atoms with Crippen LogP contribution in [0.5, 0.6) is 0 Å². The summed E-state index contributed by atoms with van der Waals surface area (Å²) in [7, 11) is -2.27. The Balaban J connectivity index is 4.60. The minimum atomic E-state index is -3.34. The van der Waals surface area contributed by atoms with Gasteiger partial charge in [-0.1, -0.05) is 0 Å². The lowest BCUT2D eigenvalue weighted by Gasteiger charge is -2.05. The van der Waals surface area contributed by atoms with Gasteiger partial charge in [0.25, 0.3) is 0 Å². The lowest BCUT2D eigenvalue weighted by atomic mass is 10.4. The standard InChI is InChI=1S/C7H12NO6P/c1-14-7(11)8-5(6(9)10)3-4-15(2,12)13/h3H,4H2,1-2H3,(H,8,11)(H,9,10)(H,12,13)/b5-3-. The quantitative estimate of drug-likeness (QED) is 0.476. The third-order valence-corrected chi connectivity index (χ3v) is 2.15. The predicted octanol–water partition coefficient (Wildman–Crippen LogP) is 0.211. The highest BCUT2D eigenvalue weighted by atomic mass is 31.2. The number of methoxy groups -OCH3 is 1. The minimum Gasteiger partial charge on any atom is -0.477 e. The number of hydrogen-bond donors (Lipinski definition) is 3. The maximum absolute atomic E-state index is 10.9. The second-order valence-electron chi connectivity index (χ2n) is 2.77. The Morgan fingerprint density at radius 1 is 1.53 bits per heavy atom. The van der Waals surface area contributed by atoms with E-state index in [-0.39, 0.29) is 6.16 Å². The summed E-state index contributed by atoms with van der Waals surface area (Å²) < 4.78 is 15.0. The Kier molecular flexibility index (Phi) is 5.04. The lowest BCUT2D eigenvalue weighted by Crippen LogP contribution is -2.27. The van der Waals surface area contributed by atoms with Crippen molar-refractivity contribution in [2.24, 2.45) is 0 Å². The molecule has 0 radical (unpaired) electrons. The number of ether oxygens (including phenoxy) is 1. The van der Waals surface area contributed by atoms with E-state index in [0.29, 0.717) is 0 Å². The normalized spacial score (nSPS) is 15.3. The third-order valence-electron chi connectivity index (χ3n) is 1.29. The largest absolute Gasteiger partial charge is 0.477 e. The van der Waals surface area contributed by atoms with Gasteiger partial charge in [0.1, 0.15) is 5.70 Å². The highest BCUT2D eigenvalue weighted by Gasteiger charge is 2.14. The molecule has 0 bridgehead atoms. The molecule has 0 rings (SSSR count). The average Bonchev–Trinajstić information content (AvgIpc) is 2.09. The SMILES string of the molecule is COC(=O)N/C(=C\CP(C)(=O)O)C(=O)O. The molecule has 3 N–H and O–H groups in total. The number of carboxylic acid groups (broad SMARTS) is 1. The molecule has 0 aromatic heterocycles. The molecule has 1 amide bonds. The van der Waals surface area contributed by atoms with Crippen LogP contribution >= 0.6 is 7.37 Å². The monoisotopic (exact) mass is 237 g/mol. The van der Waals surface area contributed by atoms with Crippen LogP contribution in [-0.2, 0) is 14.1 Å². The molecule has 7 nitrogen and oxygen atoms in total. The number of alkyl carbamates (subject to hydrolysis) is 1. The maximum Gasteiger partial charge on any atom is 0.411 e. The summed E-state index contributed by atoms with van der Waals surface area (Å²) in [6.45, 7) is 1.08. The molecule has 15 heavy (non-hydrogen) atoms. The number of carbonyl (C=O) groups excluding carboxylic acids is 1. The summed E-state index contributed by atoms with van der Waals surface area (Å²) >= 11 is 0. The van der Waals surface area contributed by atoms with E-state index < -0.39 is 25.1 Å².